The zero-order valence-corrected chi connectivity index (χ0v) is 11.8. The Morgan fingerprint density at radius 3 is 2.26 bits per heavy atom. The minimum absolute atomic E-state index is 0.0102. The number of methoxy groups -OCH3 is 2. The van der Waals surface area contributed by atoms with Gasteiger partial charge >= 0.3 is 5.97 Å². The molecule has 0 atom stereocenters. The normalized spacial score (nSPS) is 11.3. The van der Waals surface area contributed by atoms with E-state index in [1.54, 1.807) is 26.8 Å². The van der Waals surface area contributed by atoms with Crippen molar-refractivity contribution in [3.8, 4) is 11.5 Å². The van der Waals surface area contributed by atoms with Gasteiger partial charge in [0.15, 0.2) is 17.3 Å². The fourth-order valence-corrected chi connectivity index (χ4v) is 2.15. The molecule has 5 heteroatoms. The first-order chi connectivity index (χ1) is 8.74. The molecule has 1 N–H and O–H groups in total. The number of benzene rings is 1. The van der Waals surface area contributed by atoms with Crippen LogP contribution in [0.1, 0.15) is 31.4 Å². The standard InChI is InChI=1S/C14H19FO4/c1-8-6-9(14(2,3)7-10(16)17)11(15)13(19-5)12(8)18-4/h6H,7H2,1-5H3,(H,16,17). The highest BCUT2D eigenvalue weighted by Crippen LogP contribution is 2.40. The quantitative estimate of drug-likeness (QED) is 0.893. The molecule has 1 aromatic rings. The number of hydrogen-bond acceptors (Lipinski definition) is 3. The van der Waals surface area contributed by atoms with E-state index >= 15 is 0 Å². The summed E-state index contributed by atoms with van der Waals surface area (Å²) in [5, 5.41) is 8.92. The van der Waals surface area contributed by atoms with E-state index in [2.05, 4.69) is 0 Å². The van der Waals surface area contributed by atoms with Gasteiger partial charge in [0.2, 0.25) is 0 Å². The van der Waals surface area contributed by atoms with E-state index < -0.39 is 17.2 Å². The zero-order chi connectivity index (χ0) is 14.8. The summed E-state index contributed by atoms with van der Waals surface area (Å²) in [6, 6.07) is 1.61. The van der Waals surface area contributed by atoms with E-state index in [0.29, 0.717) is 16.9 Å². The van der Waals surface area contributed by atoms with Crippen LogP contribution in [0.25, 0.3) is 0 Å². The predicted octanol–water partition coefficient (Wildman–Crippen LogP) is 2.90. The van der Waals surface area contributed by atoms with Crippen LogP contribution in [-0.4, -0.2) is 25.3 Å². The second kappa shape index (κ2) is 5.47. The van der Waals surface area contributed by atoms with E-state index in [-0.39, 0.29) is 12.2 Å². The first-order valence-corrected chi connectivity index (χ1v) is 5.88. The number of aryl methyl sites for hydroxylation is 1. The molecule has 1 aromatic carbocycles. The van der Waals surface area contributed by atoms with Gasteiger partial charge in [-0.2, -0.15) is 0 Å². The van der Waals surface area contributed by atoms with Gasteiger partial charge in [0.05, 0.1) is 20.6 Å². The average molecular weight is 270 g/mol. The Hall–Kier alpha value is -1.78. The minimum Gasteiger partial charge on any atom is -0.492 e. The molecule has 0 saturated carbocycles. The predicted molar refractivity (Wildman–Crippen MR) is 69.5 cm³/mol. The molecule has 0 aliphatic carbocycles. The SMILES string of the molecule is COc1c(C)cc(C(C)(C)CC(=O)O)c(F)c1OC. The molecule has 4 nitrogen and oxygen atoms in total. The Balaban J connectivity index is 3.45. The molecule has 106 valence electrons. The molecule has 1 rings (SSSR count). The van der Waals surface area contributed by atoms with E-state index in [0.717, 1.165) is 0 Å². The van der Waals surface area contributed by atoms with Gasteiger partial charge in [-0.15, -0.1) is 0 Å². The molecule has 0 unspecified atom stereocenters. The summed E-state index contributed by atoms with van der Waals surface area (Å²) in [6.07, 6.45) is -0.168. The molecule has 0 amide bonds. The van der Waals surface area contributed by atoms with E-state index in [1.165, 1.54) is 14.2 Å². The molecule has 0 spiro atoms. The Morgan fingerprint density at radius 2 is 1.84 bits per heavy atom. The number of ether oxygens (including phenoxy) is 2. The Labute approximate surface area is 112 Å². The van der Waals surface area contributed by atoms with Gasteiger partial charge in [0, 0.05) is 5.41 Å². The van der Waals surface area contributed by atoms with Crippen LogP contribution in [0.3, 0.4) is 0 Å². The van der Waals surface area contributed by atoms with Crippen molar-refractivity contribution in [1.82, 2.24) is 0 Å². The highest BCUT2D eigenvalue weighted by molar-refractivity contribution is 5.69. The molecule has 0 fully saturated rings. The van der Waals surface area contributed by atoms with E-state index in [1.807, 2.05) is 0 Å². The first kappa shape index (κ1) is 15.3. The van der Waals surface area contributed by atoms with Crippen LogP contribution < -0.4 is 9.47 Å². The van der Waals surface area contributed by atoms with Crippen molar-refractivity contribution in [2.24, 2.45) is 0 Å². The average Bonchev–Trinajstić information content (AvgIpc) is 2.29. The number of aliphatic carboxylic acids is 1. The maximum atomic E-state index is 14.4. The van der Waals surface area contributed by atoms with Gasteiger partial charge in [-0.1, -0.05) is 13.8 Å². The summed E-state index contributed by atoms with van der Waals surface area (Å²) < 4.78 is 24.6. The highest BCUT2D eigenvalue weighted by atomic mass is 19.1. The van der Waals surface area contributed by atoms with Gasteiger partial charge in [0.1, 0.15) is 0 Å². The molecule has 0 aliphatic rings. The van der Waals surface area contributed by atoms with Gasteiger partial charge < -0.3 is 14.6 Å². The summed E-state index contributed by atoms with van der Waals surface area (Å²) >= 11 is 0. The monoisotopic (exact) mass is 270 g/mol. The van der Waals surface area contributed by atoms with Crippen molar-refractivity contribution in [2.45, 2.75) is 32.6 Å². The van der Waals surface area contributed by atoms with Crippen molar-refractivity contribution in [2.75, 3.05) is 14.2 Å². The van der Waals surface area contributed by atoms with Crippen LogP contribution in [0.2, 0.25) is 0 Å². The van der Waals surface area contributed by atoms with Gasteiger partial charge in [-0.25, -0.2) is 4.39 Å². The zero-order valence-electron chi connectivity index (χ0n) is 11.8. The molecule has 0 bridgehead atoms. The van der Waals surface area contributed by atoms with Crippen molar-refractivity contribution < 1.29 is 23.8 Å². The summed E-state index contributed by atoms with van der Waals surface area (Å²) in [4.78, 5) is 10.9. The second-order valence-corrected chi connectivity index (χ2v) is 5.08. The Morgan fingerprint density at radius 1 is 1.32 bits per heavy atom. The van der Waals surface area contributed by atoms with Crippen LogP contribution in [0.5, 0.6) is 11.5 Å². The maximum absolute atomic E-state index is 14.4. The number of hydrogen-bond donors (Lipinski definition) is 1. The van der Waals surface area contributed by atoms with Crippen LogP contribution in [0.4, 0.5) is 4.39 Å². The van der Waals surface area contributed by atoms with Crippen molar-refractivity contribution >= 4 is 5.97 Å². The van der Waals surface area contributed by atoms with E-state index in [4.69, 9.17) is 14.6 Å². The number of halogens is 1. The summed E-state index contributed by atoms with van der Waals surface area (Å²) in [6.45, 7) is 5.14. The molecular formula is C14H19FO4. The molecular weight excluding hydrogens is 251 g/mol. The first-order valence-electron chi connectivity index (χ1n) is 5.88. The van der Waals surface area contributed by atoms with E-state index in [9.17, 15) is 9.18 Å². The number of carboxylic acid groups (broad SMARTS) is 1. The lowest BCUT2D eigenvalue weighted by Crippen LogP contribution is -2.23. The van der Waals surface area contributed by atoms with Gasteiger partial charge in [-0.05, 0) is 24.1 Å². The molecule has 0 aliphatic heterocycles. The fourth-order valence-electron chi connectivity index (χ4n) is 2.15. The van der Waals surface area contributed by atoms with Crippen LogP contribution >= 0.6 is 0 Å². The highest BCUT2D eigenvalue weighted by Gasteiger charge is 2.31. The van der Waals surface area contributed by atoms with Crippen molar-refractivity contribution in [3.63, 3.8) is 0 Å². The van der Waals surface area contributed by atoms with Gasteiger partial charge in [0.25, 0.3) is 0 Å². The molecule has 0 aromatic heterocycles. The van der Waals surface area contributed by atoms with Gasteiger partial charge in [-0.3, -0.25) is 4.79 Å². The summed E-state index contributed by atoms with van der Waals surface area (Å²) in [5.41, 5.74) is 0.180. The third-order valence-electron chi connectivity index (χ3n) is 3.09. The van der Waals surface area contributed by atoms with Crippen molar-refractivity contribution in [3.05, 3.63) is 23.0 Å². The second-order valence-electron chi connectivity index (χ2n) is 5.08. The third kappa shape index (κ3) is 2.97. The lowest BCUT2D eigenvalue weighted by atomic mass is 9.80. The Kier molecular flexibility index (Phi) is 4.39. The summed E-state index contributed by atoms with van der Waals surface area (Å²) in [5.74, 6) is -1.21. The minimum atomic E-state index is -0.975. The van der Waals surface area contributed by atoms with Crippen LogP contribution in [0, 0.1) is 12.7 Å². The smallest absolute Gasteiger partial charge is 0.304 e. The van der Waals surface area contributed by atoms with Crippen LogP contribution in [0.15, 0.2) is 6.07 Å². The third-order valence-corrected chi connectivity index (χ3v) is 3.09. The molecule has 0 radical (unpaired) electrons. The van der Waals surface area contributed by atoms with Crippen LogP contribution in [-0.2, 0) is 10.2 Å². The Bertz CT molecular complexity index is 495. The fraction of sp³-hybridized carbons (Fsp3) is 0.500. The largest absolute Gasteiger partial charge is 0.492 e. The lowest BCUT2D eigenvalue weighted by Gasteiger charge is -2.26. The molecule has 0 heterocycles. The number of carbonyl (C=O) groups is 1. The topological polar surface area (TPSA) is 55.8 Å². The molecule has 0 saturated heterocycles. The molecule has 19 heavy (non-hydrogen) atoms. The van der Waals surface area contributed by atoms with Crippen molar-refractivity contribution in [1.29, 1.82) is 0 Å². The number of rotatable bonds is 5. The number of carboxylic acids is 1. The summed E-state index contributed by atoms with van der Waals surface area (Å²) in [7, 11) is 2.79. The maximum Gasteiger partial charge on any atom is 0.304 e. The lowest BCUT2D eigenvalue weighted by molar-refractivity contribution is -0.138.